The highest BCUT2D eigenvalue weighted by Crippen LogP contribution is 2.25. The Morgan fingerprint density at radius 1 is 1.56 bits per heavy atom. The van der Waals surface area contributed by atoms with Crippen molar-refractivity contribution < 1.29 is 14.3 Å². The van der Waals surface area contributed by atoms with E-state index in [1.54, 1.807) is 0 Å². The van der Waals surface area contributed by atoms with Crippen LogP contribution in [0.3, 0.4) is 0 Å². The van der Waals surface area contributed by atoms with E-state index in [1.165, 1.54) is 25.5 Å². The van der Waals surface area contributed by atoms with Crippen molar-refractivity contribution in [1.29, 1.82) is 0 Å². The lowest BCUT2D eigenvalue weighted by atomic mass is 9.96. The number of carboxylic acids is 1. The quantitative estimate of drug-likeness (QED) is 0.892. The van der Waals surface area contributed by atoms with Crippen LogP contribution in [0.4, 0.5) is 6.01 Å². The molecule has 1 aromatic heterocycles. The van der Waals surface area contributed by atoms with Gasteiger partial charge in [-0.15, -0.1) is 0 Å². The molecule has 1 saturated heterocycles. The number of hydrogen-bond acceptors (Lipinski definition) is 4. The fourth-order valence-electron chi connectivity index (χ4n) is 2.56. The monoisotopic (exact) mass is 252 g/mol. The Labute approximate surface area is 107 Å². The van der Waals surface area contributed by atoms with Gasteiger partial charge >= 0.3 is 5.97 Å². The van der Waals surface area contributed by atoms with Crippen molar-refractivity contribution in [1.82, 2.24) is 4.98 Å². The molecule has 0 spiro atoms. The van der Waals surface area contributed by atoms with Gasteiger partial charge in [0.1, 0.15) is 6.26 Å². The van der Waals surface area contributed by atoms with E-state index < -0.39 is 5.97 Å². The van der Waals surface area contributed by atoms with Crippen LogP contribution in [-0.4, -0.2) is 29.1 Å². The molecule has 1 N–H and O–H groups in total. The van der Waals surface area contributed by atoms with Crippen molar-refractivity contribution in [2.75, 3.05) is 18.0 Å². The van der Waals surface area contributed by atoms with Crippen LogP contribution in [0.25, 0.3) is 0 Å². The van der Waals surface area contributed by atoms with Crippen molar-refractivity contribution in [3.05, 3.63) is 12.0 Å². The third-order valence-electron chi connectivity index (χ3n) is 3.53. The zero-order chi connectivity index (χ0) is 13.0. The molecule has 1 aliphatic heterocycles. The number of oxazole rings is 1. The van der Waals surface area contributed by atoms with E-state index in [-0.39, 0.29) is 5.69 Å². The van der Waals surface area contributed by atoms with Crippen molar-refractivity contribution in [3.63, 3.8) is 0 Å². The molecule has 100 valence electrons. The molecule has 0 aliphatic carbocycles. The maximum Gasteiger partial charge on any atom is 0.357 e. The van der Waals surface area contributed by atoms with E-state index in [2.05, 4.69) is 16.8 Å². The first-order valence-electron chi connectivity index (χ1n) is 6.64. The van der Waals surface area contributed by atoms with E-state index in [0.29, 0.717) is 6.01 Å². The third-order valence-corrected chi connectivity index (χ3v) is 3.53. The largest absolute Gasteiger partial charge is 0.476 e. The van der Waals surface area contributed by atoms with Crippen LogP contribution in [0.2, 0.25) is 0 Å². The van der Waals surface area contributed by atoms with Crippen LogP contribution in [0, 0.1) is 5.92 Å². The number of nitrogens with zero attached hydrogens (tertiary/aromatic N) is 2. The number of anilines is 1. The fourth-order valence-corrected chi connectivity index (χ4v) is 2.56. The molecular weight excluding hydrogens is 232 g/mol. The smallest absolute Gasteiger partial charge is 0.357 e. The molecule has 0 radical (unpaired) electrons. The molecule has 5 nitrogen and oxygen atoms in total. The Hall–Kier alpha value is -1.52. The Morgan fingerprint density at radius 2 is 2.39 bits per heavy atom. The second-order valence-electron chi connectivity index (χ2n) is 4.89. The van der Waals surface area contributed by atoms with Crippen LogP contribution in [0.1, 0.15) is 49.5 Å². The number of carboxylic acid groups (broad SMARTS) is 1. The average Bonchev–Trinajstić information content (AvgIpc) is 2.72. The standard InChI is InChI=1S/C13H20N2O3/c1-2-4-10-5-3-7-15(8-6-10)13-14-11(9-18-13)12(16)17/h9-10H,2-8H2,1H3,(H,16,17). The summed E-state index contributed by atoms with van der Waals surface area (Å²) < 4.78 is 5.25. The molecule has 0 saturated carbocycles. The van der Waals surface area contributed by atoms with E-state index in [1.807, 2.05) is 0 Å². The van der Waals surface area contributed by atoms with Crippen molar-refractivity contribution >= 4 is 12.0 Å². The summed E-state index contributed by atoms with van der Waals surface area (Å²) in [6.07, 6.45) is 7.23. The first-order valence-corrected chi connectivity index (χ1v) is 6.64. The van der Waals surface area contributed by atoms with Gasteiger partial charge in [-0.05, 0) is 25.2 Å². The second-order valence-corrected chi connectivity index (χ2v) is 4.89. The molecule has 1 fully saturated rings. The van der Waals surface area contributed by atoms with E-state index in [4.69, 9.17) is 9.52 Å². The lowest BCUT2D eigenvalue weighted by molar-refractivity contribution is 0.0690. The molecule has 2 rings (SSSR count). The summed E-state index contributed by atoms with van der Waals surface area (Å²) in [5.41, 5.74) is -0.0145. The number of aromatic carboxylic acids is 1. The predicted octanol–water partition coefficient (Wildman–Crippen LogP) is 2.78. The molecule has 1 aromatic rings. The summed E-state index contributed by atoms with van der Waals surface area (Å²) in [6, 6.07) is 0.449. The van der Waals surface area contributed by atoms with E-state index in [0.717, 1.165) is 31.8 Å². The summed E-state index contributed by atoms with van der Waals surface area (Å²) in [7, 11) is 0. The topological polar surface area (TPSA) is 66.6 Å². The van der Waals surface area contributed by atoms with Crippen molar-refractivity contribution in [2.24, 2.45) is 5.92 Å². The van der Waals surface area contributed by atoms with Gasteiger partial charge in [0.05, 0.1) is 0 Å². The zero-order valence-corrected chi connectivity index (χ0v) is 10.8. The van der Waals surface area contributed by atoms with Crippen LogP contribution >= 0.6 is 0 Å². The number of aromatic nitrogens is 1. The normalized spacial score (nSPS) is 20.7. The Kier molecular flexibility index (Phi) is 4.23. The molecule has 0 aromatic carbocycles. The van der Waals surface area contributed by atoms with Gasteiger partial charge in [0, 0.05) is 13.1 Å². The summed E-state index contributed by atoms with van der Waals surface area (Å²) >= 11 is 0. The average molecular weight is 252 g/mol. The molecule has 0 amide bonds. The molecule has 1 atom stereocenters. The van der Waals surface area contributed by atoms with Gasteiger partial charge in [-0.1, -0.05) is 19.8 Å². The van der Waals surface area contributed by atoms with Gasteiger partial charge in [-0.3, -0.25) is 0 Å². The lowest BCUT2D eigenvalue weighted by Gasteiger charge is -2.17. The predicted molar refractivity (Wildman–Crippen MR) is 67.9 cm³/mol. The van der Waals surface area contributed by atoms with Crippen molar-refractivity contribution in [2.45, 2.75) is 39.0 Å². The molecule has 1 aliphatic rings. The molecule has 18 heavy (non-hydrogen) atoms. The van der Waals surface area contributed by atoms with Gasteiger partial charge in [0.2, 0.25) is 0 Å². The van der Waals surface area contributed by atoms with Crippen molar-refractivity contribution in [3.8, 4) is 0 Å². The minimum absolute atomic E-state index is 0.0145. The first-order chi connectivity index (χ1) is 8.70. The molecule has 2 heterocycles. The molecule has 1 unspecified atom stereocenters. The van der Waals surface area contributed by atoms with Gasteiger partial charge in [-0.2, -0.15) is 4.98 Å². The van der Waals surface area contributed by atoms with Gasteiger partial charge in [-0.25, -0.2) is 4.79 Å². The highest BCUT2D eigenvalue weighted by atomic mass is 16.4. The highest BCUT2D eigenvalue weighted by molar-refractivity contribution is 5.85. The number of hydrogen-bond donors (Lipinski definition) is 1. The maximum absolute atomic E-state index is 10.8. The van der Waals surface area contributed by atoms with Crippen LogP contribution in [-0.2, 0) is 0 Å². The van der Waals surface area contributed by atoms with Crippen LogP contribution in [0.15, 0.2) is 10.7 Å². The summed E-state index contributed by atoms with van der Waals surface area (Å²) in [6.45, 7) is 4.03. The van der Waals surface area contributed by atoms with E-state index in [9.17, 15) is 4.79 Å². The van der Waals surface area contributed by atoms with Gasteiger partial charge < -0.3 is 14.4 Å². The van der Waals surface area contributed by atoms with Gasteiger partial charge in [0.15, 0.2) is 5.69 Å². The lowest BCUT2D eigenvalue weighted by Crippen LogP contribution is -2.24. The minimum atomic E-state index is -1.04. The summed E-state index contributed by atoms with van der Waals surface area (Å²) in [4.78, 5) is 16.8. The van der Waals surface area contributed by atoms with Gasteiger partial charge in [0.25, 0.3) is 6.01 Å². The molecular formula is C13H20N2O3. The number of carbonyl (C=O) groups is 1. The Morgan fingerprint density at radius 3 is 3.06 bits per heavy atom. The fraction of sp³-hybridized carbons (Fsp3) is 0.692. The SMILES string of the molecule is CCCC1CCCN(c2nc(C(=O)O)co2)CC1. The molecule has 5 heteroatoms. The first kappa shape index (κ1) is 12.9. The Balaban J connectivity index is 1.98. The maximum atomic E-state index is 10.8. The molecule has 0 bridgehead atoms. The number of rotatable bonds is 4. The minimum Gasteiger partial charge on any atom is -0.476 e. The highest BCUT2D eigenvalue weighted by Gasteiger charge is 2.20. The Bertz CT molecular complexity index is 403. The zero-order valence-electron chi connectivity index (χ0n) is 10.8. The second kappa shape index (κ2) is 5.89. The van der Waals surface area contributed by atoms with E-state index >= 15 is 0 Å². The van der Waals surface area contributed by atoms with Crippen LogP contribution < -0.4 is 4.90 Å². The summed E-state index contributed by atoms with van der Waals surface area (Å²) in [5.74, 6) is -0.252. The summed E-state index contributed by atoms with van der Waals surface area (Å²) in [5, 5.41) is 8.82. The third kappa shape index (κ3) is 3.03. The van der Waals surface area contributed by atoms with Crippen LogP contribution in [0.5, 0.6) is 0 Å².